The Balaban J connectivity index is 1.24. The summed E-state index contributed by atoms with van der Waals surface area (Å²) in [6.45, 7) is 3.32. The zero-order valence-corrected chi connectivity index (χ0v) is 15.6. The minimum atomic E-state index is -0.301. The van der Waals surface area contributed by atoms with Gasteiger partial charge in [-0.05, 0) is 50.2 Å². The summed E-state index contributed by atoms with van der Waals surface area (Å²) in [5, 5.41) is 14.5. The first-order valence-corrected chi connectivity index (χ1v) is 9.53. The van der Waals surface area contributed by atoms with Crippen LogP contribution in [0.3, 0.4) is 0 Å². The molecule has 6 heteroatoms. The van der Waals surface area contributed by atoms with Gasteiger partial charge in [0.15, 0.2) is 5.58 Å². The molecule has 2 heterocycles. The van der Waals surface area contributed by atoms with Crippen molar-refractivity contribution in [2.24, 2.45) is 0 Å². The maximum Gasteiger partial charge on any atom is 0.170 e. The van der Waals surface area contributed by atoms with Crippen LogP contribution in [0.25, 0.3) is 11.0 Å². The SMILES string of the molecule is Oc1cccc(OCC=CCN2CCC(c3noc4cc(F)ccc34)CC2)c1. The van der Waals surface area contributed by atoms with Gasteiger partial charge < -0.3 is 14.4 Å². The maximum absolute atomic E-state index is 13.3. The number of aromatic nitrogens is 1. The lowest BCUT2D eigenvalue weighted by Gasteiger charge is -2.30. The van der Waals surface area contributed by atoms with Crippen molar-refractivity contribution in [3.63, 3.8) is 0 Å². The molecule has 1 fully saturated rings. The minimum absolute atomic E-state index is 0.203. The van der Waals surface area contributed by atoms with Gasteiger partial charge in [-0.3, -0.25) is 4.90 Å². The van der Waals surface area contributed by atoms with E-state index in [-0.39, 0.29) is 11.6 Å². The third kappa shape index (κ3) is 4.34. The van der Waals surface area contributed by atoms with Crippen LogP contribution in [0, 0.1) is 5.82 Å². The number of likely N-dealkylation sites (tertiary alicyclic amines) is 1. The lowest BCUT2D eigenvalue weighted by Crippen LogP contribution is -2.33. The van der Waals surface area contributed by atoms with Gasteiger partial charge in [0.2, 0.25) is 0 Å². The van der Waals surface area contributed by atoms with Crippen LogP contribution in [0.2, 0.25) is 0 Å². The number of phenols is 1. The molecule has 0 bridgehead atoms. The highest BCUT2D eigenvalue weighted by molar-refractivity contribution is 5.79. The van der Waals surface area contributed by atoms with Crippen molar-refractivity contribution in [3.05, 3.63) is 66.1 Å². The molecule has 0 saturated carbocycles. The number of nitrogens with zero attached hydrogens (tertiary/aromatic N) is 2. The minimum Gasteiger partial charge on any atom is -0.508 e. The normalized spacial score (nSPS) is 16.2. The Morgan fingerprint density at radius 3 is 2.86 bits per heavy atom. The zero-order chi connectivity index (χ0) is 19.3. The van der Waals surface area contributed by atoms with Gasteiger partial charge in [0.25, 0.3) is 0 Å². The van der Waals surface area contributed by atoms with Crippen molar-refractivity contribution in [3.8, 4) is 11.5 Å². The molecule has 0 unspecified atom stereocenters. The van der Waals surface area contributed by atoms with Gasteiger partial charge in [0, 0.05) is 30.0 Å². The van der Waals surface area contributed by atoms with Crippen molar-refractivity contribution >= 4 is 11.0 Å². The molecule has 2 aromatic carbocycles. The van der Waals surface area contributed by atoms with E-state index in [1.54, 1.807) is 24.3 Å². The van der Waals surface area contributed by atoms with E-state index in [0.717, 1.165) is 43.6 Å². The molecular weight excluding hydrogens is 359 g/mol. The van der Waals surface area contributed by atoms with Crippen LogP contribution in [0.4, 0.5) is 4.39 Å². The Labute approximate surface area is 163 Å². The predicted octanol–water partition coefficient (Wildman–Crippen LogP) is 4.49. The van der Waals surface area contributed by atoms with Crippen LogP contribution in [0.15, 0.2) is 59.1 Å². The van der Waals surface area contributed by atoms with E-state index in [0.29, 0.717) is 23.9 Å². The van der Waals surface area contributed by atoms with Crippen LogP contribution >= 0.6 is 0 Å². The van der Waals surface area contributed by atoms with Crippen LogP contribution in [0.5, 0.6) is 11.5 Å². The van der Waals surface area contributed by atoms with E-state index in [2.05, 4.69) is 16.1 Å². The fourth-order valence-corrected chi connectivity index (χ4v) is 3.62. The highest BCUT2D eigenvalue weighted by Gasteiger charge is 2.24. The first-order chi connectivity index (χ1) is 13.7. The van der Waals surface area contributed by atoms with E-state index in [9.17, 15) is 9.50 Å². The first kappa shape index (κ1) is 18.5. The first-order valence-electron chi connectivity index (χ1n) is 9.53. The lowest BCUT2D eigenvalue weighted by molar-refractivity contribution is 0.228. The fraction of sp³-hybridized carbons (Fsp3) is 0.318. The Morgan fingerprint density at radius 1 is 1.18 bits per heavy atom. The Morgan fingerprint density at radius 2 is 2.04 bits per heavy atom. The van der Waals surface area contributed by atoms with Crippen LogP contribution < -0.4 is 4.74 Å². The van der Waals surface area contributed by atoms with Crippen LogP contribution in [-0.2, 0) is 0 Å². The Bertz CT molecular complexity index is 961. The van der Waals surface area contributed by atoms with Crippen molar-refractivity contribution in [1.29, 1.82) is 0 Å². The summed E-state index contributed by atoms with van der Waals surface area (Å²) in [7, 11) is 0. The smallest absolute Gasteiger partial charge is 0.170 e. The highest BCUT2D eigenvalue weighted by Crippen LogP contribution is 2.32. The molecule has 4 rings (SSSR count). The molecule has 1 aliphatic rings. The molecule has 1 aliphatic heterocycles. The Kier molecular flexibility index (Phi) is 5.58. The molecule has 0 radical (unpaired) electrons. The van der Waals surface area contributed by atoms with E-state index in [4.69, 9.17) is 9.26 Å². The summed E-state index contributed by atoms with van der Waals surface area (Å²) in [4.78, 5) is 2.39. The quantitative estimate of drug-likeness (QED) is 0.637. The number of rotatable bonds is 6. The molecule has 5 nitrogen and oxygen atoms in total. The highest BCUT2D eigenvalue weighted by atomic mass is 19.1. The molecule has 0 spiro atoms. The van der Waals surface area contributed by atoms with Gasteiger partial charge in [-0.1, -0.05) is 23.4 Å². The second-order valence-electron chi connectivity index (χ2n) is 7.06. The van der Waals surface area contributed by atoms with Crippen molar-refractivity contribution in [2.75, 3.05) is 26.2 Å². The molecule has 1 saturated heterocycles. The molecule has 1 aromatic heterocycles. The van der Waals surface area contributed by atoms with Gasteiger partial charge in [-0.25, -0.2) is 4.39 Å². The zero-order valence-electron chi connectivity index (χ0n) is 15.6. The van der Waals surface area contributed by atoms with Crippen molar-refractivity contribution < 1.29 is 18.8 Å². The molecule has 0 aliphatic carbocycles. The summed E-state index contributed by atoms with van der Waals surface area (Å²) in [6, 6.07) is 11.4. The van der Waals surface area contributed by atoms with Crippen LogP contribution in [0.1, 0.15) is 24.5 Å². The van der Waals surface area contributed by atoms with Gasteiger partial charge in [-0.15, -0.1) is 0 Å². The van der Waals surface area contributed by atoms with Crippen molar-refractivity contribution in [2.45, 2.75) is 18.8 Å². The van der Waals surface area contributed by atoms with Gasteiger partial charge >= 0.3 is 0 Å². The molecule has 0 atom stereocenters. The number of ether oxygens (including phenoxy) is 1. The van der Waals surface area contributed by atoms with Crippen LogP contribution in [-0.4, -0.2) is 41.4 Å². The topological polar surface area (TPSA) is 58.7 Å². The van der Waals surface area contributed by atoms with E-state index < -0.39 is 0 Å². The number of benzene rings is 2. The van der Waals surface area contributed by atoms with Crippen molar-refractivity contribution in [1.82, 2.24) is 10.1 Å². The summed E-state index contributed by atoms with van der Waals surface area (Å²) in [5.74, 6) is 0.908. The number of hydrogen-bond donors (Lipinski definition) is 1. The Hall–Kier alpha value is -2.86. The lowest BCUT2D eigenvalue weighted by atomic mass is 9.91. The second-order valence-corrected chi connectivity index (χ2v) is 7.06. The molecule has 3 aromatic rings. The summed E-state index contributed by atoms with van der Waals surface area (Å²) in [5.41, 5.74) is 1.47. The van der Waals surface area contributed by atoms with Gasteiger partial charge in [0.05, 0.1) is 5.69 Å². The summed E-state index contributed by atoms with van der Waals surface area (Å²) >= 11 is 0. The van der Waals surface area contributed by atoms with Gasteiger partial charge in [-0.2, -0.15) is 0 Å². The number of phenolic OH excluding ortho intramolecular Hbond substituents is 1. The number of halogens is 1. The van der Waals surface area contributed by atoms with E-state index >= 15 is 0 Å². The molecule has 1 N–H and O–H groups in total. The van der Waals surface area contributed by atoms with E-state index in [1.807, 2.05) is 12.1 Å². The number of aromatic hydroxyl groups is 1. The third-order valence-electron chi connectivity index (χ3n) is 5.13. The molecular formula is C22H23FN2O3. The van der Waals surface area contributed by atoms with E-state index in [1.165, 1.54) is 12.1 Å². The summed E-state index contributed by atoms with van der Waals surface area (Å²) < 4.78 is 24.2. The average molecular weight is 382 g/mol. The largest absolute Gasteiger partial charge is 0.508 e. The van der Waals surface area contributed by atoms with Gasteiger partial charge in [0.1, 0.15) is 23.9 Å². The number of fused-ring (bicyclic) bond motifs is 1. The fourth-order valence-electron chi connectivity index (χ4n) is 3.62. The molecule has 28 heavy (non-hydrogen) atoms. The number of piperidine rings is 1. The monoisotopic (exact) mass is 382 g/mol. The maximum atomic E-state index is 13.3. The standard InChI is InChI=1S/C22H23FN2O3/c23-17-6-7-20-21(14-17)28-24-22(20)16-8-11-25(12-9-16)10-1-2-13-27-19-5-3-4-18(26)15-19/h1-7,14-16,26H,8-13H2. The average Bonchev–Trinajstić information content (AvgIpc) is 3.11. The summed E-state index contributed by atoms with van der Waals surface area (Å²) in [6.07, 6.45) is 6.12. The number of hydrogen-bond acceptors (Lipinski definition) is 5. The predicted molar refractivity (Wildman–Crippen MR) is 105 cm³/mol. The third-order valence-corrected chi connectivity index (χ3v) is 5.13. The molecule has 146 valence electrons. The second kappa shape index (κ2) is 8.44. The molecule has 0 amide bonds.